The van der Waals surface area contributed by atoms with E-state index >= 15 is 0 Å². The van der Waals surface area contributed by atoms with Gasteiger partial charge in [-0.1, -0.05) is 57.2 Å². The molecule has 0 spiro atoms. The average molecular weight is 272 g/mol. The third-order valence-corrected chi connectivity index (χ3v) is 3.68. The monoisotopic (exact) mass is 272 g/mol. The van der Waals surface area contributed by atoms with E-state index in [9.17, 15) is 0 Å². The lowest BCUT2D eigenvalue weighted by Gasteiger charge is -2.27. The van der Waals surface area contributed by atoms with Gasteiger partial charge in [-0.2, -0.15) is 0 Å². The van der Waals surface area contributed by atoms with Gasteiger partial charge in [-0.3, -0.25) is 0 Å². The van der Waals surface area contributed by atoms with Crippen LogP contribution in [0.25, 0.3) is 10.8 Å². The summed E-state index contributed by atoms with van der Waals surface area (Å²) in [4.78, 5) is 0. The molecule has 0 fully saturated rings. The van der Waals surface area contributed by atoms with Crippen molar-refractivity contribution in [2.45, 2.75) is 33.8 Å². The van der Waals surface area contributed by atoms with Gasteiger partial charge in [-0.15, -0.1) is 0 Å². The van der Waals surface area contributed by atoms with E-state index in [0.29, 0.717) is 13.2 Å². The Hall–Kier alpha value is -1.54. The van der Waals surface area contributed by atoms with Gasteiger partial charge >= 0.3 is 0 Å². The van der Waals surface area contributed by atoms with Gasteiger partial charge in [0.2, 0.25) is 0 Å². The van der Waals surface area contributed by atoms with Crippen molar-refractivity contribution in [1.29, 1.82) is 0 Å². The summed E-state index contributed by atoms with van der Waals surface area (Å²) in [6.45, 7) is 9.85. The predicted octanol–water partition coefficient (Wildman–Crippen LogP) is 4.67. The van der Waals surface area contributed by atoms with E-state index in [2.05, 4.69) is 45.9 Å². The molecule has 2 aromatic rings. The maximum atomic E-state index is 5.86. The smallest absolute Gasteiger partial charge is 0.127 e. The van der Waals surface area contributed by atoms with E-state index in [1.54, 1.807) is 0 Å². The van der Waals surface area contributed by atoms with Gasteiger partial charge in [-0.25, -0.2) is 0 Å². The maximum Gasteiger partial charge on any atom is 0.127 e. The quantitative estimate of drug-likeness (QED) is 0.736. The lowest BCUT2D eigenvalue weighted by Crippen LogP contribution is -2.27. The Kier molecular flexibility index (Phi) is 4.66. The Bertz CT molecular complexity index is 549. The molecule has 0 amide bonds. The number of hydrogen-bond donors (Lipinski definition) is 0. The molecule has 0 heterocycles. The fourth-order valence-electron chi connectivity index (χ4n) is 1.95. The van der Waals surface area contributed by atoms with E-state index in [-0.39, 0.29) is 11.5 Å². The van der Waals surface area contributed by atoms with E-state index < -0.39 is 0 Å². The summed E-state index contributed by atoms with van der Waals surface area (Å²) >= 11 is 0. The molecule has 2 nitrogen and oxygen atoms in total. The summed E-state index contributed by atoms with van der Waals surface area (Å²) < 4.78 is 11.7. The molecule has 0 aliphatic carbocycles. The Morgan fingerprint density at radius 1 is 0.950 bits per heavy atom. The fraction of sp³-hybridized carbons (Fsp3) is 0.444. The van der Waals surface area contributed by atoms with Crippen LogP contribution in [-0.2, 0) is 4.74 Å². The number of fused-ring (bicyclic) bond motifs is 1. The van der Waals surface area contributed by atoms with Crippen LogP contribution in [0.1, 0.15) is 27.7 Å². The normalized spacial score (nSPS) is 13.4. The van der Waals surface area contributed by atoms with Crippen LogP contribution in [0, 0.1) is 5.41 Å². The minimum Gasteiger partial charge on any atom is -0.491 e. The lowest BCUT2D eigenvalue weighted by molar-refractivity contribution is -0.0163. The second-order valence-electron chi connectivity index (χ2n) is 6.20. The molecule has 20 heavy (non-hydrogen) atoms. The van der Waals surface area contributed by atoms with Gasteiger partial charge in [0.1, 0.15) is 12.4 Å². The highest BCUT2D eigenvalue weighted by atomic mass is 16.5. The van der Waals surface area contributed by atoms with Gasteiger partial charge in [0, 0.05) is 5.39 Å². The summed E-state index contributed by atoms with van der Waals surface area (Å²) in [5, 5.41) is 2.35. The lowest BCUT2D eigenvalue weighted by atomic mass is 9.90. The molecule has 0 aromatic heterocycles. The highest BCUT2D eigenvalue weighted by Crippen LogP contribution is 2.25. The van der Waals surface area contributed by atoms with Gasteiger partial charge < -0.3 is 9.47 Å². The van der Waals surface area contributed by atoms with Crippen LogP contribution in [0.3, 0.4) is 0 Å². The first-order chi connectivity index (χ1) is 9.48. The molecule has 0 aliphatic rings. The summed E-state index contributed by atoms with van der Waals surface area (Å²) in [5.74, 6) is 0.926. The molecule has 1 unspecified atom stereocenters. The van der Waals surface area contributed by atoms with Crippen molar-refractivity contribution in [3.8, 4) is 5.75 Å². The summed E-state index contributed by atoms with van der Waals surface area (Å²) in [6.07, 6.45) is 0.221. The zero-order valence-electron chi connectivity index (χ0n) is 12.8. The Balaban J connectivity index is 1.91. The van der Waals surface area contributed by atoms with Crippen molar-refractivity contribution in [2.75, 3.05) is 13.2 Å². The van der Waals surface area contributed by atoms with Crippen LogP contribution in [0.5, 0.6) is 5.75 Å². The molecular weight excluding hydrogens is 248 g/mol. The van der Waals surface area contributed by atoms with E-state index in [1.807, 2.05) is 24.3 Å². The third kappa shape index (κ3) is 3.73. The van der Waals surface area contributed by atoms with Crippen molar-refractivity contribution in [3.05, 3.63) is 42.5 Å². The number of rotatable bonds is 5. The second kappa shape index (κ2) is 6.27. The highest BCUT2D eigenvalue weighted by Gasteiger charge is 2.20. The van der Waals surface area contributed by atoms with Crippen LogP contribution in [0.15, 0.2) is 42.5 Å². The Labute approximate surface area is 121 Å². The molecule has 2 rings (SSSR count). The topological polar surface area (TPSA) is 18.5 Å². The molecule has 108 valence electrons. The van der Waals surface area contributed by atoms with Crippen molar-refractivity contribution in [2.24, 2.45) is 5.41 Å². The zero-order valence-corrected chi connectivity index (χ0v) is 12.8. The first-order valence-corrected chi connectivity index (χ1v) is 7.20. The molecule has 0 bridgehead atoms. The summed E-state index contributed by atoms with van der Waals surface area (Å²) in [5.41, 5.74) is 0.166. The van der Waals surface area contributed by atoms with Crippen molar-refractivity contribution in [3.63, 3.8) is 0 Å². The standard InChI is InChI=1S/C18H24O2/c1-14(18(2,3)4)19-12-13-20-17-11-7-9-15-8-5-6-10-16(15)17/h5-11,14H,12-13H2,1-4H3. The molecule has 0 aliphatic heterocycles. The molecule has 0 radical (unpaired) electrons. The van der Waals surface area contributed by atoms with Crippen LogP contribution in [0.2, 0.25) is 0 Å². The largest absolute Gasteiger partial charge is 0.491 e. The minimum atomic E-state index is 0.166. The zero-order chi connectivity index (χ0) is 14.6. The Morgan fingerprint density at radius 3 is 2.40 bits per heavy atom. The van der Waals surface area contributed by atoms with Crippen molar-refractivity contribution < 1.29 is 9.47 Å². The van der Waals surface area contributed by atoms with E-state index in [1.165, 1.54) is 5.39 Å². The van der Waals surface area contributed by atoms with E-state index in [0.717, 1.165) is 11.1 Å². The third-order valence-electron chi connectivity index (χ3n) is 3.68. The Morgan fingerprint density at radius 2 is 1.65 bits per heavy atom. The highest BCUT2D eigenvalue weighted by molar-refractivity contribution is 5.88. The molecule has 0 saturated heterocycles. The average Bonchev–Trinajstić information content (AvgIpc) is 2.42. The number of benzene rings is 2. The maximum absolute atomic E-state index is 5.86. The molecule has 0 N–H and O–H groups in total. The molecular formula is C18H24O2. The van der Waals surface area contributed by atoms with Crippen LogP contribution < -0.4 is 4.74 Å². The predicted molar refractivity (Wildman–Crippen MR) is 84.3 cm³/mol. The molecule has 0 saturated carbocycles. The van der Waals surface area contributed by atoms with Gasteiger partial charge in [0.15, 0.2) is 0 Å². The van der Waals surface area contributed by atoms with E-state index in [4.69, 9.17) is 9.47 Å². The first-order valence-electron chi connectivity index (χ1n) is 7.20. The molecule has 2 aromatic carbocycles. The van der Waals surface area contributed by atoms with Crippen LogP contribution in [0.4, 0.5) is 0 Å². The van der Waals surface area contributed by atoms with Crippen LogP contribution >= 0.6 is 0 Å². The molecule has 2 heteroatoms. The molecule has 1 atom stereocenters. The van der Waals surface area contributed by atoms with Crippen molar-refractivity contribution >= 4 is 10.8 Å². The minimum absolute atomic E-state index is 0.166. The number of ether oxygens (including phenoxy) is 2. The SMILES string of the molecule is CC(OCCOc1cccc2ccccc12)C(C)(C)C. The first kappa shape index (κ1) is 14.9. The summed E-state index contributed by atoms with van der Waals surface area (Å²) in [6, 6.07) is 14.4. The van der Waals surface area contributed by atoms with Gasteiger partial charge in [0.25, 0.3) is 0 Å². The van der Waals surface area contributed by atoms with Gasteiger partial charge in [0.05, 0.1) is 12.7 Å². The second-order valence-corrected chi connectivity index (χ2v) is 6.20. The van der Waals surface area contributed by atoms with Crippen molar-refractivity contribution in [1.82, 2.24) is 0 Å². The number of hydrogen-bond acceptors (Lipinski definition) is 2. The fourth-order valence-corrected chi connectivity index (χ4v) is 1.95. The van der Waals surface area contributed by atoms with Gasteiger partial charge in [-0.05, 0) is 23.8 Å². The summed E-state index contributed by atoms with van der Waals surface area (Å²) in [7, 11) is 0. The van der Waals surface area contributed by atoms with Crippen LogP contribution in [-0.4, -0.2) is 19.3 Å².